The summed E-state index contributed by atoms with van der Waals surface area (Å²) in [6.07, 6.45) is 0.724. The molecule has 5 nitrogen and oxygen atoms in total. The second-order valence-electron chi connectivity index (χ2n) is 8.53. The molecule has 5 rings (SSSR count). The minimum absolute atomic E-state index is 0.142. The lowest BCUT2D eigenvalue weighted by atomic mass is 9.97. The topological polar surface area (TPSA) is 86.3 Å². The van der Waals surface area contributed by atoms with Crippen molar-refractivity contribution in [1.82, 2.24) is 4.57 Å². The molecule has 5 aromatic rings. The highest BCUT2D eigenvalue weighted by Crippen LogP contribution is 2.39. The average Bonchev–Trinajstić information content (AvgIpc) is 3.43. The summed E-state index contributed by atoms with van der Waals surface area (Å²) in [6, 6.07) is 25.1. The number of carbonyl (C=O) groups is 1. The van der Waals surface area contributed by atoms with Crippen LogP contribution in [0.2, 0.25) is 0 Å². The van der Waals surface area contributed by atoms with Crippen molar-refractivity contribution < 1.29 is 15.0 Å². The smallest absolute Gasteiger partial charge is 0.338 e. The van der Waals surface area contributed by atoms with Gasteiger partial charge in [0.2, 0.25) is 0 Å². The van der Waals surface area contributed by atoms with Gasteiger partial charge in [0.1, 0.15) is 17.1 Å². The van der Waals surface area contributed by atoms with Crippen LogP contribution in [0.15, 0.2) is 72.8 Å². The fourth-order valence-electron chi connectivity index (χ4n) is 4.79. The number of aromatic nitrogens is 1. The van der Waals surface area contributed by atoms with Gasteiger partial charge in [-0.15, -0.1) is 11.3 Å². The van der Waals surface area contributed by atoms with Crippen molar-refractivity contribution in [2.75, 3.05) is 0 Å². The number of fused-ring (bicyclic) bond motifs is 2. The minimum atomic E-state index is -1.10. The van der Waals surface area contributed by atoms with Crippen LogP contribution in [-0.4, -0.2) is 20.7 Å². The number of aryl methyl sites for hydroxylation is 1. The second kappa shape index (κ2) is 9.38. The first-order valence-electron chi connectivity index (χ1n) is 11.6. The first kappa shape index (κ1) is 22.9. The van der Waals surface area contributed by atoms with Crippen LogP contribution >= 0.6 is 11.3 Å². The van der Waals surface area contributed by atoms with Gasteiger partial charge >= 0.3 is 5.97 Å². The van der Waals surface area contributed by atoms with Crippen LogP contribution in [0.4, 0.5) is 0 Å². The van der Waals surface area contributed by atoms with E-state index in [1.54, 1.807) is 6.07 Å². The quantitative estimate of drug-likeness (QED) is 0.263. The third kappa shape index (κ3) is 3.89. The normalized spacial score (nSPS) is 12.1. The summed E-state index contributed by atoms with van der Waals surface area (Å²) >= 11 is 1.46. The molecule has 0 aliphatic carbocycles. The van der Waals surface area contributed by atoms with Gasteiger partial charge in [0.25, 0.3) is 0 Å². The summed E-state index contributed by atoms with van der Waals surface area (Å²) < 4.78 is 3.00. The predicted octanol–water partition coefficient (Wildman–Crippen LogP) is 6.97. The molecule has 174 valence electrons. The Kier molecular flexibility index (Phi) is 6.12. The van der Waals surface area contributed by atoms with Crippen LogP contribution in [0.3, 0.4) is 0 Å². The van der Waals surface area contributed by atoms with Crippen molar-refractivity contribution in [2.45, 2.75) is 32.4 Å². The number of carboxylic acid groups (broad SMARTS) is 1. The molecule has 6 heteroatoms. The molecule has 0 radical (unpaired) electrons. The number of rotatable bonds is 7. The third-order valence-electron chi connectivity index (χ3n) is 6.43. The number of unbranched alkanes of at least 4 members (excludes halogenated alkanes) is 1. The van der Waals surface area contributed by atoms with E-state index in [2.05, 4.69) is 13.0 Å². The maximum Gasteiger partial charge on any atom is 0.338 e. The number of carboxylic acids is 1. The highest BCUT2D eigenvalue weighted by molar-refractivity contribution is 7.20. The number of nitrogens with zero attached hydrogens (tertiary/aromatic N) is 2. The van der Waals surface area contributed by atoms with Crippen LogP contribution in [0.5, 0.6) is 0 Å². The number of hydrogen-bond acceptors (Lipinski definition) is 4. The molecular formula is C29H24N2O3S. The molecule has 2 aromatic heterocycles. The molecule has 3 aromatic carbocycles. The van der Waals surface area contributed by atoms with Gasteiger partial charge in [-0.2, -0.15) is 5.26 Å². The van der Waals surface area contributed by atoms with Gasteiger partial charge in [-0.3, -0.25) is 0 Å². The predicted molar refractivity (Wildman–Crippen MR) is 140 cm³/mol. The van der Waals surface area contributed by atoms with E-state index in [1.807, 2.05) is 71.3 Å². The molecule has 2 heterocycles. The standard InChI is InChI=1S/C29H24N2O3S/c1-2-3-16-31-22-10-6-4-8-20(22)26(29(33)34)27(31)28(32)19-14-12-18(13-15-19)25-21-9-5-7-11-23(21)35-24(25)17-30/h4-15,28,32H,2-3,16H2,1H3,(H,33,34). The lowest BCUT2D eigenvalue weighted by molar-refractivity contribution is 0.0692. The molecule has 0 aliphatic rings. The summed E-state index contributed by atoms with van der Waals surface area (Å²) in [6.45, 7) is 2.71. The zero-order chi connectivity index (χ0) is 24.5. The zero-order valence-electron chi connectivity index (χ0n) is 19.2. The number of para-hydroxylation sites is 1. The van der Waals surface area contributed by atoms with E-state index in [1.165, 1.54) is 11.3 Å². The van der Waals surface area contributed by atoms with Gasteiger partial charge < -0.3 is 14.8 Å². The summed E-state index contributed by atoms with van der Waals surface area (Å²) in [5, 5.41) is 32.9. The zero-order valence-corrected chi connectivity index (χ0v) is 20.0. The first-order chi connectivity index (χ1) is 17.0. The summed E-state index contributed by atoms with van der Waals surface area (Å²) in [5.74, 6) is -1.05. The summed E-state index contributed by atoms with van der Waals surface area (Å²) in [4.78, 5) is 13.0. The summed E-state index contributed by atoms with van der Waals surface area (Å²) in [5.41, 5.74) is 3.74. The average molecular weight is 481 g/mol. The van der Waals surface area contributed by atoms with E-state index in [4.69, 9.17) is 0 Å². The molecule has 0 aliphatic heterocycles. The van der Waals surface area contributed by atoms with Crippen molar-refractivity contribution in [1.29, 1.82) is 5.26 Å². The Bertz CT molecular complexity index is 1590. The molecule has 0 amide bonds. The van der Waals surface area contributed by atoms with Gasteiger partial charge in [-0.1, -0.05) is 74.0 Å². The molecule has 35 heavy (non-hydrogen) atoms. The SMILES string of the molecule is CCCCn1c(C(O)c2ccc(-c3c(C#N)sc4ccccc34)cc2)c(C(=O)O)c2ccccc21. The Balaban J connectivity index is 1.62. The van der Waals surface area contributed by atoms with Crippen LogP contribution in [-0.2, 0) is 6.54 Å². The Hall–Kier alpha value is -3.92. The Labute approximate surface area is 207 Å². The van der Waals surface area contributed by atoms with E-state index in [0.717, 1.165) is 39.6 Å². The van der Waals surface area contributed by atoms with Gasteiger partial charge in [0, 0.05) is 33.1 Å². The Morgan fingerprint density at radius 1 is 1.03 bits per heavy atom. The fraction of sp³-hybridized carbons (Fsp3) is 0.172. The molecule has 0 saturated heterocycles. The number of thiophene rings is 1. The number of aliphatic hydroxyl groups is 1. The number of benzene rings is 3. The summed E-state index contributed by atoms with van der Waals surface area (Å²) in [7, 11) is 0. The van der Waals surface area contributed by atoms with Gasteiger partial charge in [0.05, 0.1) is 11.3 Å². The highest BCUT2D eigenvalue weighted by Gasteiger charge is 2.28. The van der Waals surface area contributed by atoms with Crippen molar-refractivity contribution in [2.24, 2.45) is 0 Å². The lowest BCUT2D eigenvalue weighted by Crippen LogP contribution is -2.13. The van der Waals surface area contributed by atoms with E-state index in [0.29, 0.717) is 28.1 Å². The largest absolute Gasteiger partial charge is 0.478 e. The van der Waals surface area contributed by atoms with E-state index in [-0.39, 0.29) is 5.56 Å². The van der Waals surface area contributed by atoms with E-state index >= 15 is 0 Å². The van der Waals surface area contributed by atoms with E-state index in [9.17, 15) is 20.3 Å². The van der Waals surface area contributed by atoms with E-state index < -0.39 is 12.1 Å². The molecule has 0 bridgehead atoms. The van der Waals surface area contributed by atoms with Gasteiger partial charge in [-0.25, -0.2) is 4.79 Å². The van der Waals surface area contributed by atoms with Crippen LogP contribution < -0.4 is 0 Å². The third-order valence-corrected chi connectivity index (χ3v) is 7.51. The second-order valence-corrected chi connectivity index (χ2v) is 9.58. The molecule has 0 fully saturated rings. The molecular weight excluding hydrogens is 456 g/mol. The van der Waals surface area contributed by atoms with Gasteiger partial charge in [0.15, 0.2) is 0 Å². The molecule has 2 N–H and O–H groups in total. The molecule has 1 atom stereocenters. The van der Waals surface area contributed by atoms with Crippen LogP contribution in [0.25, 0.3) is 32.1 Å². The molecule has 0 saturated carbocycles. The van der Waals surface area contributed by atoms with Crippen LogP contribution in [0.1, 0.15) is 52.4 Å². The number of aromatic carboxylic acids is 1. The highest BCUT2D eigenvalue weighted by atomic mass is 32.1. The minimum Gasteiger partial charge on any atom is -0.478 e. The van der Waals surface area contributed by atoms with Crippen molar-refractivity contribution in [3.8, 4) is 17.2 Å². The lowest BCUT2D eigenvalue weighted by Gasteiger charge is -2.17. The molecule has 0 spiro atoms. The first-order valence-corrected chi connectivity index (χ1v) is 12.4. The number of aliphatic hydroxyl groups excluding tert-OH is 1. The number of nitriles is 1. The maximum absolute atomic E-state index is 12.3. The van der Waals surface area contributed by atoms with Crippen molar-refractivity contribution in [3.63, 3.8) is 0 Å². The van der Waals surface area contributed by atoms with Crippen molar-refractivity contribution >= 4 is 38.3 Å². The van der Waals surface area contributed by atoms with Crippen LogP contribution in [0, 0.1) is 11.3 Å². The maximum atomic E-state index is 12.3. The van der Waals surface area contributed by atoms with Gasteiger partial charge in [-0.05, 0) is 29.7 Å². The molecule has 1 unspecified atom stereocenters. The van der Waals surface area contributed by atoms with Crippen molar-refractivity contribution in [3.05, 3.63) is 94.5 Å². The fourth-order valence-corrected chi connectivity index (χ4v) is 5.81. The monoisotopic (exact) mass is 480 g/mol. The number of hydrogen-bond donors (Lipinski definition) is 2. The Morgan fingerprint density at radius 3 is 2.40 bits per heavy atom. The Morgan fingerprint density at radius 2 is 1.71 bits per heavy atom.